The largest absolute Gasteiger partial charge is 0.462 e. The summed E-state index contributed by atoms with van der Waals surface area (Å²) in [5.74, 6) is -0.0184. The molecular weight excluding hydrogens is 286 g/mol. The second kappa shape index (κ2) is 9.46. The van der Waals surface area contributed by atoms with Crippen LogP contribution in [-0.2, 0) is 9.53 Å². The van der Waals surface area contributed by atoms with Crippen molar-refractivity contribution in [2.24, 2.45) is 0 Å². The molecule has 3 heteroatoms. The lowest BCUT2D eigenvalue weighted by Crippen LogP contribution is -2.59. The zero-order chi connectivity index (χ0) is 17.3. The van der Waals surface area contributed by atoms with E-state index in [1.807, 2.05) is 6.08 Å². The van der Waals surface area contributed by atoms with Crippen LogP contribution in [0, 0.1) is 0 Å². The van der Waals surface area contributed by atoms with Gasteiger partial charge in [-0.3, -0.25) is 4.79 Å². The van der Waals surface area contributed by atoms with E-state index < -0.39 is 0 Å². The molecule has 0 bridgehead atoms. The number of carbonyl (C=O) groups is 1. The molecule has 0 atom stereocenters. The van der Waals surface area contributed by atoms with Crippen molar-refractivity contribution >= 4 is 5.97 Å². The summed E-state index contributed by atoms with van der Waals surface area (Å²) in [6.45, 7) is 12.5. The quantitative estimate of drug-likeness (QED) is 0.343. The first-order valence-electron chi connectivity index (χ1n) is 9.34. The minimum atomic E-state index is -0.0184. The van der Waals surface area contributed by atoms with E-state index in [1.165, 1.54) is 25.7 Å². The van der Waals surface area contributed by atoms with E-state index in [9.17, 15) is 4.79 Å². The van der Waals surface area contributed by atoms with Gasteiger partial charge in [-0.15, -0.1) is 6.58 Å². The van der Waals surface area contributed by atoms with Crippen LogP contribution in [0.2, 0.25) is 0 Å². The first-order chi connectivity index (χ1) is 10.7. The average molecular weight is 324 g/mol. The molecule has 0 aliphatic carbocycles. The summed E-state index contributed by atoms with van der Waals surface area (Å²) in [6.07, 6.45) is 12.6. The zero-order valence-corrected chi connectivity index (χ0v) is 15.7. The van der Waals surface area contributed by atoms with Crippen molar-refractivity contribution < 1.29 is 9.53 Å². The first-order valence-corrected chi connectivity index (χ1v) is 9.34. The molecule has 1 fully saturated rings. The molecule has 0 aromatic heterocycles. The average Bonchev–Trinajstić information content (AvgIpc) is 2.38. The lowest BCUT2D eigenvalue weighted by atomic mass is 9.81. The van der Waals surface area contributed by atoms with Crippen LogP contribution in [0.4, 0.5) is 0 Å². The minimum absolute atomic E-state index is 0.0184. The van der Waals surface area contributed by atoms with E-state index in [4.69, 9.17) is 4.74 Å². The van der Waals surface area contributed by atoms with E-state index in [-0.39, 0.29) is 23.2 Å². The monoisotopic (exact) mass is 323 g/mol. The number of nitrogens with one attached hydrogen (secondary N) is 1. The standard InChI is InChI=1S/C20H37NO2/c1-6-7-8-9-10-11-12-13-14-18(22)23-17-15-19(2,3)21-20(4,5)16-17/h6,17,21H,1,7-16H2,2-5H3. The molecule has 0 aromatic carbocycles. The predicted octanol–water partition coefficient (Wildman–Crippen LogP) is 5.15. The molecule has 1 aliphatic heterocycles. The molecule has 23 heavy (non-hydrogen) atoms. The Kier molecular flexibility index (Phi) is 8.32. The molecule has 1 aliphatic rings. The van der Waals surface area contributed by atoms with Crippen molar-refractivity contribution in [3.05, 3.63) is 12.7 Å². The molecular formula is C20H37NO2. The fraction of sp³-hybridized carbons (Fsp3) is 0.850. The summed E-state index contributed by atoms with van der Waals surface area (Å²) in [5, 5.41) is 3.62. The topological polar surface area (TPSA) is 38.3 Å². The smallest absolute Gasteiger partial charge is 0.306 e. The summed E-state index contributed by atoms with van der Waals surface area (Å²) in [6, 6.07) is 0. The van der Waals surface area contributed by atoms with Gasteiger partial charge in [-0.25, -0.2) is 0 Å². The third-order valence-electron chi connectivity index (χ3n) is 4.49. The highest BCUT2D eigenvalue weighted by Gasteiger charge is 2.39. The second-order valence-corrected chi connectivity index (χ2v) is 8.36. The van der Waals surface area contributed by atoms with Gasteiger partial charge in [0, 0.05) is 30.3 Å². The van der Waals surface area contributed by atoms with Crippen LogP contribution in [0.3, 0.4) is 0 Å². The van der Waals surface area contributed by atoms with Gasteiger partial charge in [0.25, 0.3) is 0 Å². The number of hydrogen-bond donors (Lipinski definition) is 1. The Hall–Kier alpha value is -0.830. The summed E-state index contributed by atoms with van der Waals surface area (Å²) in [5.41, 5.74) is 0.0519. The van der Waals surface area contributed by atoms with Crippen LogP contribution in [0.1, 0.15) is 91.9 Å². The van der Waals surface area contributed by atoms with E-state index in [2.05, 4.69) is 39.6 Å². The lowest BCUT2D eigenvalue weighted by molar-refractivity contribution is -0.153. The number of allylic oxidation sites excluding steroid dienone is 1. The van der Waals surface area contributed by atoms with Crippen molar-refractivity contribution in [2.45, 2.75) is 109 Å². The maximum atomic E-state index is 12.1. The molecule has 1 rings (SSSR count). The summed E-state index contributed by atoms with van der Waals surface area (Å²) in [4.78, 5) is 12.1. The molecule has 0 radical (unpaired) electrons. The highest BCUT2D eigenvalue weighted by molar-refractivity contribution is 5.69. The van der Waals surface area contributed by atoms with Gasteiger partial charge in [-0.05, 0) is 47.0 Å². The zero-order valence-electron chi connectivity index (χ0n) is 15.7. The minimum Gasteiger partial charge on any atom is -0.462 e. The van der Waals surface area contributed by atoms with Gasteiger partial charge in [0.15, 0.2) is 0 Å². The van der Waals surface area contributed by atoms with Gasteiger partial charge in [0.05, 0.1) is 0 Å². The van der Waals surface area contributed by atoms with Crippen LogP contribution in [0.5, 0.6) is 0 Å². The summed E-state index contributed by atoms with van der Waals surface area (Å²) in [7, 11) is 0. The van der Waals surface area contributed by atoms with Gasteiger partial charge in [-0.1, -0.05) is 31.8 Å². The number of ether oxygens (including phenoxy) is 1. The molecule has 0 saturated carbocycles. The third-order valence-corrected chi connectivity index (χ3v) is 4.49. The molecule has 1 N–H and O–H groups in total. The predicted molar refractivity (Wildman–Crippen MR) is 97.5 cm³/mol. The molecule has 0 amide bonds. The Labute approximate surface area is 143 Å². The maximum Gasteiger partial charge on any atom is 0.306 e. The molecule has 0 spiro atoms. The van der Waals surface area contributed by atoms with Gasteiger partial charge < -0.3 is 10.1 Å². The number of rotatable bonds is 10. The number of esters is 1. The molecule has 1 saturated heterocycles. The van der Waals surface area contributed by atoms with Gasteiger partial charge in [0.1, 0.15) is 6.10 Å². The summed E-state index contributed by atoms with van der Waals surface area (Å²) < 4.78 is 5.73. The van der Waals surface area contributed by atoms with E-state index in [1.54, 1.807) is 0 Å². The highest BCUT2D eigenvalue weighted by atomic mass is 16.5. The third kappa shape index (κ3) is 9.14. The normalized spacial score (nSPS) is 20.2. The van der Waals surface area contributed by atoms with Crippen molar-refractivity contribution in [3.63, 3.8) is 0 Å². The Bertz CT molecular complexity index is 358. The number of unbranched alkanes of at least 4 members (excludes halogenated alkanes) is 6. The van der Waals surface area contributed by atoms with Crippen LogP contribution >= 0.6 is 0 Å². The lowest BCUT2D eigenvalue weighted by Gasteiger charge is -2.45. The van der Waals surface area contributed by atoms with E-state index >= 15 is 0 Å². The van der Waals surface area contributed by atoms with Crippen molar-refractivity contribution in [1.82, 2.24) is 5.32 Å². The van der Waals surface area contributed by atoms with Crippen LogP contribution < -0.4 is 5.32 Å². The number of hydrogen-bond acceptors (Lipinski definition) is 3. The first kappa shape index (κ1) is 20.2. The van der Waals surface area contributed by atoms with Crippen molar-refractivity contribution in [1.29, 1.82) is 0 Å². The fourth-order valence-electron chi connectivity index (χ4n) is 3.82. The molecule has 3 nitrogen and oxygen atoms in total. The molecule has 0 unspecified atom stereocenters. The molecule has 0 aromatic rings. The van der Waals surface area contributed by atoms with Crippen LogP contribution in [0.25, 0.3) is 0 Å². The second-order valence-electron chi connectivity index (χ2n) is 8.36. The van der Waals surface area contributed by atoms with Gasteiger partial charge in [0.2, 0.25) is 0 Å². The Morgan fingerprint density at radius 3 is 2.13 bits per heavy atom. The van der Waals surface area contributed by atoms with Gasteiger partial charge in [-0.2, -0.15) is 0 Å². The fourth-order valence-corrected chi connectivity index (χ4v) is 3.82. The Morgan fingerprint density at radius 2 is 1.57 bits per heavy atom. The van der Waals surface area contributed by atoms with Crippen molar-refractivity contribution in [2.75, 3.05) is 0 Å². The van der Waals surface area contributed by atoms with E-state index in [0.717, 1.165) is 32.1 Å². The highest BCUT2D eigenvalue weighted by Crippen LogP contribution is 2.30. The number of piperidine rings is 1. The molecule has 134 valence electrons. The Morgan fingerprint density at radius 1 is 1.04 bits per heavy atom. The maximum absolute atomic E-state index is 12.1. The Balaban J connectivity index is 2.15. The van der Waals surface area contributed by atoms with Gasteiger partial charge >= 0.3 is 5.97 Å². The van der Waals surface area contributed by atoms with E-state index in [0.29, 0.717) is 6.42 Å². The van der Waals surface area contributed by atoms with Crippen LogP contribution in [0.15, 0.2) is 12.7 Å². The van der Waals surface area contributed by atoms with Crippen LogP contribution in [-0.4, -0.2) is 23.2 Å². The van der Waals surface area contributed by atoms with Crippen molar-refractivity contribution in [3.8, 4) is 0 Å². The SMILES string of the molecule is C=CCCCCCCCCC(=O)OC1CC(C)(C)NC(C)(C)C1. The number of carbonyl (C=O) groups excluding carboxylic acids is 1. The molecule has 1 heterocycles. The summed E-state index contributed by atoms with van der Waals surface area (Å²) >= 11 is 0.